The van der Waals surface area contributed by atoms with Crippen LogP contribution in [0.25, 0.3) is 0 Å². The van der Waals surface area contributed by atoms with Crippen molar-refractivity contribution in [2.45, 2.75) is 26.3 Å². The molecule has 1 fully saturated rings. The van der Waals surface area contributed by atoms with E-state index in [4.69, 9.17) is 0 Å². The molecule has 4 heteroatoms. The summed E-state index contributed by atoms with van der Waals surface area (Å²) in [7, 11) is 0. The third-order valence-electron chi connectivity index (χ3n) is 3.65. The molecule has 100 valence electrons. The lowest BCUT2D eigenvalue weighted by atomic mass is 10.00. The van der Waals surface area contributed by atoms with Gasteiger partial charge in [-0.05, 0) is 12.1 Å². The molecule has 3 rings (SSSR count). The Bertz CT molecular complexity index is 526. The standard InChI is InChI=1S/C15H20N4/c1-12(2)15-17-7-8-18(15)9-13-10-19(11-13)14-5-3-4-6-16-14/h3-8,12-13H,9-11H2,1-2H3. The number of pyridine rings is 1. The van der Waals surface area contributed by atoms with Crippen molar-refractivity contribution in [3.8, 4) is 0 Å². The first-order chi connectivity index (χ1) is 9.24. The highest BCUT2D eigenvalue weighted by atomic mass is 15.2. The Morgan fingerprint density at radius 2 is 2.05 bits per heavy atom. The number of rotatable bonds is 4. The molecule has 0 saturated carbocycles. The minimum absolute atomic E-state index is 0.488. The number of hydrogen-bond acceptors (Lipinski definition) is 3. The third kappa shape index (κ3) is 2.48. The topological polar surface area (TPSA) is 34.0 Å². The van der Waals surface area contributed by atoms with E-state index in [1.54, 1.807) is 0 Å². The fourth-order valence-corrected chi connectivity index (χ4v) is 2.67. The zero-order valence-electron chi connectivity index (χ0n) is 11.5. The van der Waals surface area contributed by atoms with Gasteiger partial charge in [-0.3, -0.25) is 0 Å². The normalized spacial score (nSPS) is 15.8. The minimum Gasteiger partial charge on any atom is -0.356 e. The molecule has 1 aliphatic rings. The van der Waals surface area contributed by atoms with Crippen LogP contribution in [0.5, 0.6) is 0 Å². The van der Waals surface area contributed by atoms with Gasteiger partial charge in [-0.1, -0.05) is 19.9 Å². The van der Waals surface area contributed by atoms with E-state index >= 15 is 0 Å². The molecule has 3 heterocycles. The van der Waals surface area contributed by atoms with Crippen LogP contribution < -0.4 is 4.90 Å². The fraction of sp³-hybridized carbons (Fsp3) is 0.467. The van der Waals surface area contributed by atoms with Gasteiger partial charge in [-0.25, -0.2) is 9.97 Å². The fourth-order valence-electron chi connectivity index (χ4n) is 2.67. The van der Waals surface area contributed by atoms with Crippen LogP contribution in [0.3, 0.4) is 0 Å². The lowest BCUT2D eigenvalue weighted by molar-refractivity contribution is 0.349. The maximum Gasteiger partial charge on any atom is 0.128 e. The lowest BCUT2D eigenvalue weighted by Gasteiger charge is -2.40. The average Bonchev–Trinajstić information content (AvgIpc) is 2.82. The molecule has 0 amide bonds. The highest BCUT2D eigenvalue weighted by molar-refractivity contribution is 5.40. The van der Waals surface area contributed by atoms with E-state index in [1.807, 2.05) is 24.5 Å². The van der Waals surface area contributed by atoms with Crippen LogP contribution in [0.4, 0.5) is 5.82 Å². The van der Waals surface area contributed by atoms with Crippen LogP contribution in [0.15, 0.2) is 36.8 Å². The van der Waals surface area contributed by atoms with Crippen LogP contribution in [-0.2, 0) is 6.54 Å². The molecule has 0 aromatic carbocycles. The van der Waals surface area contributed by atoms with Gasteiger partial charge in [-0.2, -0.15) is 0 Å². The Kier molecular flexibility index (Phi) is 3.23. The van der Waals surface area contributed by atoms with E-state index in [9.17, 15) is 0 Å². The maximum atomic E-state index is 4.44. The van der Waals surface area contributed by atoms with E-state index in [1.165, 1.54) is 5.82 Å². The highest BCUT2D eigenvalue weighted by Gasteiger charge is 2.28. The van der Waals surface area contributed by atoms with Crippen LogP contribution in [0.1, 0.15) is 25.6 Å². The first-order valence-electron chi connectivity index (χ1n) is 6.91. The predicted molar refractivity (Wildman–Crippen MR) is 76.3 cm³/mol. The molecule has 1 saturated heterocycles. The maximum absolute atomic E-state index is 4.44. The summed E-state index contributed by atoms with van der Waals surface area (Å²) in [5, 5.41) is 0. The first-order valence-corrected chi connectivity index (χ1v) is 6.91. The SMILES string of the molecule is CC(C)c1nccn1CC1CN(c2ccccn2)C1. The molecule has 0 N–H and O–H groups in total. The van der Waals surface area contributed by atoms with Gasteiger partial charge in [0.15, 0.2) is 0 Å². The lowest BCUT2D eigenvalue weighted by Crippen LogP contribution is -2.49. The Hall–Kier alpha value is -1.84. The summed E-state index contributed by atoms with van der Waals surface area (Å²) in [6.07, 6.45) is 5.86. The molecule has 2 aromatic rings. The van der Waals surface area contributed by atoms with Gasteiger partial charge in [0.25, 0.3) is 0 Å². The zero-order chi connectivity index (χ0) is 13.2. The van der Waals surface area contributed by atoms with Crippen molar-refractivity contribution in [2.24, 2.45) is 5.92 Å². The average molecular weight is 256 g/mol. The second-order valence-electron chi connectivity index (χ2n) is 5.55. The van der Waals surface area contributed by atoms with Crippen LogP contribution in [-0.4, -0.2) is 27.6 Å². The predicted octanol–water partition coefficient (Wildman–Crippen LogP) is 2.54. The minimum atomic E-state index is 0.488. The summed E-state index contributed by atoms with van der Waals surface area (Å²) in [5.74, 6) is 3.47. The molecule has 0 unspecified atom stereocenters. The highest BCUT2D eigenvalue weighted by Crippen LogP contribution is 2.24. The Labute approximate surface area is 114 Å². The number of hydrogen-bond donors (Lipinski definition) is 0. The Morgan fingerprint density at radius 1 is 1.21 bits per heavy atom. The number of anilines is 1. The number of imidazole rings is 1. The molecule has 0 aliphatic carbocycles. The molecule has 0 bridgehead atoms. The second kappa shape index (κ2) is 5.03. The van der Waals surface area contributed by atoms with Gasteiger partial charge < -0.3 is 9.47 Å². The van der Waals surface area contributed by atoms with Crippen molar-refractivity contribution in [2.75, 3.05) is 18.0 Å². The third-order valence-corrected chi connectivity index (χ3v) is 3.65. The van der Waals surface area contributed by atoms with Gasteiger partial charge in [0.05, 0.1) is 0 Å². The van der Waals surface area contributed by atoms with E-state index in [0.717, 1.165) is 25.5 Å². The zero-order valence-corrected chi connectivity index (χ0v) is 11.5. The van der Waals surface area contributed by atoms with Crippen LogP contribution in [0.2, 0.25) is 0 Å². The van der Waals surface area contributed by atoms with Gasteiger partial charge in [0.2, 0.25) is 0 Å². The summed E-state index contributed by atoms with van der Waals surface area (Å²) in [5.41, 5.74) is 0. The van der Waals surface area contributed by atoms with Crippen LogP contribution in [0, 0.1) is 5.92 Å². The van der Waals surface area contributed by atoms with E-state index in [-0.39, 0.29) is 0 Å². The van der Waals surface area contributed by atoms with Crippen molar-refractivity contribution in [3.63, 3.8) is 0 Å². The molecular weight excluding hydrogens is 236 g/mol. The summed E-state index contributed by atoms with van der Waals surface area (Å²) in [4.78, 5) is 11.2. The smallest absolute Gasteiger partial charge is 0.128 e. The monoisotopic (exact) mass is 256 g/mol. The van der Waals surface area contributed by atoms with Crippen molar-refractivity contribution < 1.29 is 0 Å². The quantitative estimate of drug-likeness (QED) is 0.843. The summed E-state index contributed by atoms with van der Waals surface area (Å²) in [6, 6.07) is 6.08. The first kappa shape index (κ1) is 12.2. The summed E-state index contributed by atoms with van der Waals surface area (Å²) >= 11 is 0. The molecule has 0 radical (unpaired) electrons. The second-order valence-corrected chi connectivity index (χ2v) is 5.55. The molecule has 0 spiro atoms. The largest absolute Gasteiger partial charge is 0.356 e. The van der Waals surface area contributed by atoms with Crippen molar-refractivity contribution in [3.05, 3.63) is 42.6 Å². The molecule has 2 aromatic heterocycles. The van der Waals surface area contributed by atoms with E-state index in [0.29, 0.717) is 11.8 Å². The van der Waals surface area contributed by atoms with Crippen molar-refractivity contribution >= 4 is 5.82 Å². The molecule has 4 nitrogen and oxygen atoms in total. The van der Waals surface area contributed by atoms with Gasteiger partial charge in [-0.15, -0.1) is 0 Å². The summed E-state index contributed by atoms with van der Waals surface area (Å²) in [6.45, 7) is 7.63. The van der Waals surface area contributed by atoms with Crippen molar-refractivity contribution in [1.29, 1.82) is 0 Å². The molecule has 0 atom stereocenters. The summed E-state index contributed by atoms with van der Waals surface area (Å²) < 4.78 is 2.30. The molecule has 1 aliphatic heterocycles. The van der Waals surface area contributed by atoms with E-state index in [2.05, 4.69) is 45.5 Å². The molecule has 19 heavy (non-hydrogen) atoms. The van der Waals surface area contributed by atoms with Crippen LogP contribution >= 0.6 is 0 Å². The van der Waals surface area contributed by atoms with Crippen molar-refractivity contribution in [1.82, 2.24) is 14.5 Å². The number of nitrogens with zero attached hydrogens (tertiary/aromatic N) is 4. The van der Waals surface area contributed by atoms with Gasteiger partial charge >= 0.3 is 0 Å². The Balaban J connectivity index is 1.58. The van der Waals surface area contributed by atoms with Gasteiger partial charge in [0.1, 0.15) is 11.6 Å². The molecular formula is C15H20N4. The number of aromatic nitrogens is 3. The Morgan fingerprint density at radius 3 is 2.74 bits per heavy atom. The van der Waals surface area contributed by atoms with Gasteiger partial charge in [0, 0.05) is 50.1 Å². The van der Waals surface area contributed by atoms with E-state index < -0.39 is 0 Å².